The lowest BCUT2D eigenvalue weighted by Gasteiger charge is -2.17. The van der Waals surface area contributed by atoms with Gasteiger partial charge in [-0.1, -0.05) is 30.3 Å². The fourth-order valence-corrected chi connectivity index (χ4v) is 3.19. The predicted octanol–water partition coefficient (Wildman–Crippen LogP) is 2.79. The Morgan fingerprint density at radius 2 is 1.81 bits per heavy atom. The zero-order valence-corrected chi connectivity index (χ0v) is 15.6. The molecule has 1 saturated carbocycles. The van der Waals surface area contributed by atoms with Crippen LogP contribution in [-0.2, 0) is 9.53 Å². The Kier molecular flexibility index (Phi) is 5.30. The lowest BCUT2D eigenvalue weighted by molar-refractivity contribution is -0.129. The summed E-state index contributed by atoms with van der Waals surface area (Å²) in [5.74, 6) is -1.29. The third kappa shape index (κ3) is 4.02. The van der Waals surface area contributed by atoms with Gasteiger partial charge in [0.05, 0.1) is 5.56 Å². The number of nitrogens with one attached hydrogen (secondary N) is 2. The number of amides is 3. The maximum absolute atomic E-state index is 12.8. The van der Waals surface area contributed by atoms with E-state index in [2.05, 4.69) is 15.2 Å². The summed E-state index contributed by atoms with van der Waals surface area (Å²) in [7, 11) is 1.40. The largest absolute Gasteiger partial charge is 0.444 e. The van der Waals surface area contributed by atoms with Gasteiger partial charge in [-0.3, -0.25) is 10.1 Å². The molecule has 0 spiro atoms. The van der Waals surface area contributed by atoms with Crippen LogP contribution in [0.1, 0.15) is 52.3 Å². The van der Waals surface area contributed by atoms with Crippen molar-refractivity contribution in [2.75, 3.05) is 7.05 Å². The zero-order chi connectivity index (χ0) is 19.6. The van der Waals surface area contributed by atoms with Gasteiger partial charge in [0.25, 0.3) is 5.91 Å². The second-order valence-corrected chi connectivity index (χ2v) is 6.65. The summed E-state index contributed by atoms with van der Waals surface area (Å²) in [5, 5.41) is 4.48. The molecule has 1 aromatic carbocycles. The molecule has 2 N–H and O–H groups in total. The zero-order valence-electron chi connectivity index (χ0n) is 15.6. The summed E-state index contributed by atoms with van der Waals surface area (Å²) in [6.07, 6.45) is 0.984. The molecule has 3 rings (SSSR count). The van der Waals surface area contributed by atoms with E-state index in [4.69, 9.17) is 4.74 Å². The van der Waals surface area contributed by atoms with Crippen LogP contribution in [0.4, 0.5) is 4.79 Å². The maximum Gasteiger partial charge on any atom is 0.341 e. The second-order valence-electron chi connectivity index (χ2n) is 6.65. The number of esters is 1. The molecule has 142 valence electrons. The lowest BCUT2D eigenvalue weighted by atomic mass is 10.1. The highest BCUT2D eigenvalue weighted by Crippen LogP contribution is 2.38. The first-order valence-corrected chi connectivity index (χ1v) is 8.89. The molecule has 7 nitrogen and oxygen atoms in total. The highest BCUT2D eigenvalue weighted by atomic mass is 16.5. The molecule has 1 aromatic heterocycles. The fraction of sp³-hybridized carbons (Fsp3) is 0.350. The van der Waals surface area contributed by atoms with E-state index in [1.54, 1.807) is 36.4 Å². The van der Waals surface area contributed by atoms with Crippen molar-refractivity contribution in [2.45, 2.75) is 38.8 Å². The van der Waals surface area contributed by atoms with Crippen LogP contribution in [0.5, 0.6) is 0 Å². The first-order chi connectivity index (χ1) is 12.9. The predicted molar refractivity (Wildman–Crippen MR) is 99.4 cm³/mol. The Morgan fingerprint density at radius 1 is 1.15 bits per heavy atom. The highest BCUT2D eigenvalue weighted by molar-refractivity contribution is 5.99. The Balaban J connectivity index is 1.85. The van der Waals surface area contributed by atoms with Crippen LogP contribution >= 0.6 is 0 Å². The smallest absolute Gasteiger partial charge is 0.341 e. The third-order valence-corrected chi connectivity index (χ3v) is 4.65. The van der Waals surface area contributed by atoms with Crippen LogP contribution in [-0.4, -0.2) is 29.5 Å². The van der Waals surface area contributed by atoms with E-state index < -0.39 is 24.0 Å². The average Bonchev–Trinajstić information content (AvgIpc) is 3.44. The van der Waals surface area contributed by atoms with E-state index in [1.807, 2.05) is 13.8 Å². The summed E-state index contributed by atoms with van der Waals surface area (Å²) in [5.41, 5.74) is 2.75. The molecule has 1 aliphatic rings. The van der Waals surface area contributed by atoms with Crippen molar-refractivity contribution in [3.63, 3.8) is 0 Å². The van der Waals surface area contributed by atoms with Crippen molar-refractivity contribution in [1.82, 2.24) is 15.2 Å². The van der Waals surface area contributed by atoms with Crippen LogP contribution in [0.3, 0.4) is 0 Å². The number of urea groups is 1. The summed E-state index contributed by atoms with van der Waals surface area (Å²) >= 11 is 0. The number of aromatic nitrogens is 1. The van der Waals surface area contributed by atoms with Crippen molar-refractivity contribution >= 4 is 17.9 Å². The van der Waals surface area contributed by atoms with E-state index in [0.717, 1.165) is 24.2 Å². The summed E-state index contributed by atoms with van der Waals surface area (Å²) in [6.45, 7) is 3.83. The van der Waals surface area contributed by atoms with E-state index in [0.29, 0.717) is 17.2 Å². The number of nitrogens with zero attached hydrogens (tertiary/aromatic N) is 1. The van der Waals surface area contributed by atoms with E-state index in [-0.39, 0.29) is 0 Å². The van der Waals surface area contributed by atoms with Crippen molar-refractivity contribution in [1.29, 1.82) is 0 Å². The monoisotopic (exact) mass is 369 g/mol. The molecule has 27 heavy (non-hydrogen) atoms. The molecular weight excluding hydrogens is 346 g/mol. The van der Waals surface area contributed by atoms with Crippen molar-refractivity contribution in [2.24, 2.45) is 0 Å². The van der Waals surface area contributed by atoms with Gasteiger partial charge in [-0.2, -0.15) is 0 Å². The van der Waals surface area contributed by atoms with Gasteiger partial charge in [0.1, 0.15) is 0 Å². The van der Waals surface area contributed by atoms with Gasteiger partial charge in [-0.15, -0.1) is 0 Å². The van der Waals surface area contributed by atoms with Gasteiger partial charge in [-0.25, -0.2) is 9.59 Å². The fourth-order valence-electron chi connectivity index (χ4n) is 3.19. The number of aryl methyl sites for hydroxylation is 1. The SMILES string of the molecule is CNC(=O)NC(=O)[C@@H](OC(=O)c1cc(C)n(C2CC2)c1C)c1ccccc1. The molecule has 2 aromatic rings. The minimum absolute atomic E-state index is 0.438. The van der Waals surface area contributed by atoms with E-state index in [1.165, 1.54) is 7.05 Å². The van der Waals surface area contributed by atoms with Crippen LogP contribution in [0.25, 0.3) is 0 Å². The third-order valence-electron chi connectivity index (χ3n) is 4.65. The minimum Gasteiger partial charge on any atom is -0.444 e. The molecular formula is C20H23N3O4. The standard InChI is InChI=1S/C20H23N3O4/c1-12-11-16(13(2)23(12)15-9-10-15)19(25)27-17(14-7-5-4-6-8-14)18(24)22-20(26)21-3/h4-8,11,15,17H,9-10H2,1-3H3,(H2,21,22,24,26)/t17-/m0/s1. The molecule has 0 aliphatic heterocycles. The molecule has 0 saturated heterocycles. The van der Waals surface area contributed by atoms with Crippen LogP contribution in [0.2, 0.25) is 0 Å². The summed E-state index contributed by atoms with van der Waals surface area (Å²) in [6, 6.07) is 10.2. The first kappa shape index (κ1) is 18.7. The van der Waals surface area contributed by atoms with Gasteiger partial charge in [-0.05, 0) is 32.8 Å². The number of ether oxygens (including phenoxy) is 1. The molecule has 1 heterocycles. The van der Waals surface area contributed by atoms with Crippen molar-refractivity contribution in [3.05, 3.63) is 58.9 Å². The molecule has 0 unspecified atom stereocenters. The van der Waals surface area contributed by atoms with Crippen molar-refractivity contribution in [3.8, 4) is 0 Å². The molecule has 1 fully saturated rings. The van der Waals surface area contributed by atoms with E-state index >= 15 is 0 Å². The summed E-state index contributed by atoms with van der Waals surface area (Å²) in [4.78, 5) is 36.8. The Bertz CT molecular complexity index is 869. The van der Waals surface area contributed by atoms with Gasteiger partial charge in [0.15, 0.2) is 0 Å². The number of hydrogen-bond acceptors (Lipinski definition) is 4. The Hall–Kier alpha value is -3.09. The number of imide groups is 1. The lowest BCUT2D eigenvalue weighted by Crippen LogP contribution is -2.41. The van der Waals surface area contributed by atoms with Gasteiger partial charge in [0, 0.05) is 30.0 Å². The second kappa shape index (κ2) is 7.65. The number of hydrogen-bond donors (Lipinski definition) is 2. The number of benzene rings is 1. The average molecular weight is 369 g/mol. The molecule has 1 aliphatic carbocycles. The van der Waals surface area contributed by atoms with Crippen LogP contribution < -0.4 is 10.6 Å². The van der Waals surface area contributed by atoms with Crippen LogP contribution in [0.15, 0.2) is 36.4 Å². The number of carbonyl (C=O) groups is 3. The molecule has 0 bridgehead atoms. The highest BCUT2D eigenvalue weighted by Gasteiger charge is 2.31. The normalized spacial score (nSPS) is 14.3. The molecule has 3 amide bonds. The van der Waals surface area contributed by atoms with Crippen molar-refractivity contribution < 1.29 is 19.1 Å². The van der Waals surface area contributed by atoms with Gasteiger partial charge >= 0.3 is 12.0 Å². The topological polar surface area (TPSA) is 89.4 Å². The molecule has 0 radical (unpaired) electrons. The molecule has 1 atom stereocenters. The van der Waals surface area contributed by atoms with Gasteiger partial charge in [0.2, 0.25) is 6.10 Å². The minimum atomic E-state index is -1.22. The Labute approximate surface area is 157 Å². The number of rotatable bonds is 5. The first-order valence-electron chi connectivity index (χ1n) is 8.89. The molecule has 7 heteroatoms. The van der Waals surface area contributed by atoms with Crippen LogP contribution in [0, 0.1) is 13.8 Å². The quantitative estimate of drug-likeness (QED) is 0.793. The maximum atomic E-state index is 12.8. The number of carbonyl (C=O) groups excluding carboxylic acids is 3. The van der Waals surface area contributed by atoms with Gasteiger partial charge < -0.3 is 14.6 Å². The summed E-state index contributed by atoms with van der Waals surface area (Å²) < 4.78 is 7.67. The Morgan fingerprint density at radius 3 is 2.41 bits per heavy atom. The van der Waals surface area contributed by atoms with E-state index in [9.17, 15) is 14.4 Å².